The van der Waals surface area contributed by atoms with Gasteiger partial charge >= 0.3 is 0 Å². The maximum Gasteiger partial charge on any atom is 0.0684 e. The lowest BCUT2D eigenvalue weighted by Gasteiger charge is -2.43. The van der Waals surface area contributed by atoms with Gasteiger partial charge in [0.25, 0.3) is 0 Å². The molecule has 2 rings (SSSR count). The fraction of sp³-hybridized carbons (Fsp3) is 1.00. The van der Waals surface area contributed by atoms with Gasteiger partial charge in [-0.2, -0.15) is 0 Å². The predicted octanol–water partition coefficient (Wildman–Crippen LogP) is 2.06. The van der Waals surface area contributed by atoms with Gasteiger partial charge in [-0.25, -0.2) is 0 Å². The zero-order chi connectivity index (χ0) is 10.2. The average molecular weight is 196 g/mol. The van der Waals surface area contributed by atoms with Crippen LogP contribution in [0.4, 0.5) is 0 Å². The Balaban J connectivity index is 1.91. The molecule has 0 spiro atoms. The molecule has 2 atom stereocenters. The van der Waals surface area contributed by atoms with Crippen molar-refractivity contribution in [1.82, 2.24) is 10.2 Å². The van der Waals surface area contributed by atoms with Crippen LogP contribution in [0.5, 0.6) is 0 Å². The third-order valence-electron chi connectivity index (χ3n) is 3.91. The van der Waals surface area contributed by atoms with Crippen LogP contribution < -0.4 is 5.32 Å². The van der Waals surface area contributed by atoms with Crippen molar-refractivity contribution in [2.75, 3.05) is 19.6 Å². The summed E-state index contributed by atoms with van der Waals surface area (Å²) in [6, 6.07) is 0. The van der Waals surface area contributed by atoms with Gasteiger partial charge in [-0.1, -0.05) is 13.8 Å². The summed E-state index contributed by atoms with van der Waals surface area (Å²) in [5, 5.41) is 3.63. The van der Waals surface area contributed by atoms with Crippen molar-refractivity contribution in [3.63, 3.8) is 0 Å². The molecule has 2 saturated heterocycles. The Bertz CT molecular complexity index is 202. The van der Waals surface area contributed by atoms with E-state index in [9.17, 15) is 0 Å². The first-order valence-electron chi connectivity index (χ1n) is 6.10. The highest BCUT2D eigenvalue weighted by Crippen LogP contribution is 2.33. The molecule has 1 N–H and O–H groups in total. The average Bonchev–Trinajstić information content (AvgIpc) is 2.45. The van der Waals surface area contributed by atoms with Crippen LogP contribution in [0.3, 0.4) is 0 Å². The summed E-state index contributed by atoms with van der Waals surface area (Å²) in [5.41, 5.74) is 0.341. The van der Waals surface area contributed by atoms with Gasteiger partial charge in [0.15, 0.2) is 0 Å². The van der Waals surface area contributed by atoms with Gasteiger partial charge in [0.05, 0.1) is 5.66 Å². The van der Waals surface area contributed by atoms with E-state index in [0.717, 1.165) is 11.8 Å². The first-order valence-corrected chi connectivity index (χ1v) is 6.10. The molecule has 2 unspecified atom stereocenters. The van der Waals surface area contributed by atoms with E-state index in [1.807, 2.05) is 0 Å². The number of piperidine rings is 1. The second-order valence-corrected chi connectivity index (χ2v) is 5.68. The monoisotopic (exact) mass is 196 g/mol. The van der Waals surface area contributed by atoms with Crippen LogP contribution in [-0.4, -0.2) is 30.2 Å². The maximum atomic E-state index is 3.63. The van der Waals surface area contributed by atoms with Crippen LogP contribution in [0.15, 0.2) is 0 Å². The van der Waals surface area contributed by atoms with Gasteiger partial charge in [0.2, 0.25) is 0 Å². The summed E-state index contributed by atoms with van der Waals surface area (Å²) < 4.78 is 0. The predicted molar refractivity (Wildman–Crippen MR) is 60.2 cm³/mol. The largest absolute Gasteiger partial charge is 0.298 e. The lowest BCUT2D eigenvalue weighted by atomic mass is 9.85. The first kappa shape index (κ1) is 10.4. The molecule has 0 bridgehead atoms. The second kappa shape index (κ2) is 3.82. The van der Waals surface area contributed by atoms with E-state index >= 15 is 0 Å². The molecular formula is C12H24N2. The molecule has 0 aliphatic carbocycles. The topological polar surface area (TPSA) is 15.3 Å². The number of hydrogen-bond donors (Lipinski definition) is 1. The highest BCUT2D eigenvalue weighted by Gasteiger charge is 2.40. The van der Waals surface area contributed by atoms with E-state index < -0.39 is 0 Å². The molecule has 0 aromatic heterocycles. The zero-order valence-corrected chi connectivity index (χ0v) is 9.84. The zero-order valence-electron chi connectivity index (χ0n) is 9.84. The number of rotatable bonds is 2. The molecule has 0 aromatic rings. The van der Waals surface area contributed by atoms with Crippen LogP contribution in [0.1, 0.15) is 40.0 Å². The summed E-state index contributed by atoms with van der Waals surface area (Å²) in [4.78, 5) is 2.66. The molecule has 2 nitrogen and oxygen atoms in total. The van der Waals surface area contributed by atoms with Crippen molar-refractivity contribution in [3.05, 3.63) is 0 Å². The number of nitrogens with one attached hydrogen (secondary N) is 1. The van der Waals surface area contributed by atoms with Crippen LogP contribution in [0, 0.1) is 11.8 Å². The van der Waals surface area contributed by atoms with Crippen molar-refractivity contribution in [2.24, 2.45) is 11.8 Å². The van der Waals surface area contributed by atoms with E-state index in [1.54, 1.807) is 0 Å². The van der Waals surface area contributed by atoms with E-state index in [2.05, 4.69) is 31.0 Å². The Kier molecular flexibility index (Phi) is 2.85. The standard InChI is InChI=1S/C12H24N2/c1-10(2)8-11-4-5-12(3)13-6-7-14(12)9-11/h10-11,13H,4-9H2,1-3H3. The highest BCUT2D eigenvalue weighted by atomic mass is 15.4. The fourth-order valence-electron chi connectivity index (χ4n) is 3.11. The van der Waals surface area contributed by atoms with Gasteiger partial charge in [0, 0.05) is 19.6 Å². The molecular weight excluding hydrogens is 172 g/mol. The van der Waals surface area contributed by atoms with Crippen molar-refractivity contribution < 1.29 is 0 Å². The first-order chi connectivity index (χ1) is 6.60. The van der Waals surface area contributed by atoms with Gasteiger partial charge < -0.3 is 0 Å². The molecule has 0 radical (unpaired) electrons. The molecule has 14 heavy (non-hydrogen) atoms. The Morgan fingerprint density at radius 3 is 3.00 bits per heavy atom. The van der Waals surface area contributed by atoms with Crippen LogP contribution >= 0.6 is 0 Å². The molecule has 0 aromatic carbocycles. The Morgan fingerprint density at radius 2 is 2.29 bits per heavy atom. The van der Waals surface area contributed by atoms with Crippen molar-refractivity contribution >= 4 is 0 Å². The number of hydrogen-bond acceptors (Lipinski definition) is 2. The van der Waals surface area contributed by atoms with Gasteiger partial charge in [-0.15, -0.1) is 0 Å². The van der Waals surface area contributed by atoms with E-state index in [1.165, 1.54) is 38.9 Å². The van der Waals surface area contributed by atoms with E-state index in [4.69, 9.17) is 0 Å². The maximum absolute atomic E-state index is 3.63. The quantitative estimate of drug-likeness (QED) is 0.727. The second-order valence-electron chi connectivity index (χ2n) is 5.68. The minimum atomic E-state index is 0.341. The molecule has 2 heteroatoms. The molecule has 2 aliphatic rings. The minimum Gasteiger partial charge on any atom is -0.298 e. The Hall–Kier alpha value is -0.0800. The molecule has 82 valence electrons. The summed E-state index contributed by atoms with van der Waals surface area (Å²) in [7, 11) is 0. The molecule has 2 fully saturated rings. The lowest BCUT2D eigenvalue weighted by Crippen LogP contribution is -2.53. The lowest BCUT2D eigenvalue weighted by molar-refractivity contribution is 0.0509. The Morgan fingerprint density at radius 1 is 1.50 bits per heavy atom. The van der Waals surface area contributed by atoms with Gasteiger partial charge in [-0.3, -0.25) is 10.2 Å². The summed E-state index contributed by atoms with van der Waals surface area (Å²) in [6.45, 7) is 10.8. The molecule has 0 saturated carbocycles. The van der Waals surface area contributed by atoms with E-state index in [-0.39, 0.29) is 0 Å². The third kappa shape index (κ3) is 1.96. The molecule has 2 aliphatic heterocycles. The van der Waals surface area contributed by atoms with Crippen LogP contribution in [-0.2, 0) is 0 Å². The minimum absolute atomic E-state index is 0.341. The van der Waals surface area contributed by atoms with Crippen molar-refractivity contribution in [3.8, 4) is 0 Å². The molecule has 0 amide bonds. The normalized spacial score (nSPS) is 39.0. The SMILES string of the molecule is CC(C)CC1CCC2(C)NCCN2C1. The van der Waals surface area contributed by atoms with E-state index in [0.29, 0.717) is 5.66 Å². The third-order valence-corrected chi connectivity index (χ3v) is 3.91. The van der Waals surface area contributed by atoms with Crippen molar-refractivity contribution in [1.29, 1.82) is 0 Å². The Labute approximate surface area is 88.1 Å². The smallest absolute Gasteiger partial charge is 0.0684 e. The van der Waals surface area contributed by atoms with Crippen molar-refractivity contribution in [2.45, 2.75) is 45.7 Å². The van der Waals surface area contributed by atoms with Crippen LogP contribution in [0.2, 0.25) is 0 Å². The molecule has 2 heterocycles. The van der Waals surface area contributed by atoms with Gasteiger partial charge in [-0.05, 0) is 38.0 Å². The summed E-state index contributed by atoms with van der Waals surface area (Å²) >= 11 is 0. The fourth-order valence-corrected chi connectivity index (χ4v) is 3.11. The number of fused-ring (bicyclic) bond motifs is 1. The van der Waals surface area contributed by atoms with Crippen LogP contribution in [0.25, 0.3) is 0 Å². The summed E-state index contributed by atoms with van der Waals surface area (Å²) in [6.07, 6.45) is 4.16. The van der Waals surface area contributed by atoms with Gasteiger partial charge in [0.1, 0.15) is 0 Å². The number of nitrogens with zero attached hydrogens (tertiary/aromatic N) is 1. The highest BCUT2D eigenvalue weighted by molar-refractivity contribution is 4.95. The summed E-state index contributed by atoms with van der Waals surface area (Å²) in [5.74, 6) is 1.81.